The van der Waals surface area contributed by atoms with Crippen LogP contribution in [-0.2, 0) is 21.1 Å². The summed E-state index contributed by atoms with van der Waals surface area (Å²) in [5, 5.41) is 5.31. The molecule has 9 heteroatoms. The minimum absolute atomic E-state index is 0. The molecule has 0 saturated carbocycles. The van der Waals surface area contributed by atoms with Gasteiger partial charge in [0.2, 0.25) is 6.41 Å². The molecule has 0 aromatic rings. The summed E-state index contributed by atoms with van der Waals surface area (Å²) < 4.78 is 4.41. The molecule has 0 aliphatic heterocycles. The van der Waals surface area contributed by atoms with Crippen LogP contribution in [0.3, 0.4) is 0 Å². The summed E-state index contributed by atoms with van der Waals surface area (Å²) in [4.78, 5) is 28.7. The van der Waals surface area contributed by atoms with Crippen molar-refractivity contribution in [1.82, 2.24) is 10.6 Å². The second kappa shape index (κ2) is 10.1. The van der Waals surface area contributed by atoms with Gasteiger partial charge in [-0.2, -0.15) is 0 Å². The fraction of sp³-hybridized carbons (Fsp3) is 0.800. The first-order valence-corrected chi connectivity index (χ1v) is 6.21. The van der Waals surface area contributed by atoms with Crippen molar-refractivity contribution in [2.45, 2.75) is 0 Å². The predicted octanol–water partition coefficient (Wildman–Crippen LogP) is -5.08. The largest absolute Gasteiger partial charge is 1.00 e. The molecular weight excluding hydrogens is 222 g/mol. The van der Waals surface area contributed by atoms with E-state index in [0.717, 1.165) is 0 Å². The van der Waals surface area contributed by atoms with E-state index in [2.05, 4.69) is 27.0 Å². The van der Waals surface area contributed by atoms with Crippen LogP contribution in [0, 0.1) is 0 Å². The van der Waals surface area contributed by atoms with Crippen LogP contribution in [0.25, 0.3) is 0 Å². The van der Waals surface area contributed by atoms with Gasteiger partial charge in [-0.25, -0.2) is 0 Å². The number of amides is 1. The zero-order valence-corrected chi connectivity index (χ0v) is 9.64. The van der Waals surface area contributed by atoms with Gasteiger partial charge in [0.25, 0.3) is 0 Å². The Labute approximate surface area is 99.8 Å². The van der Waals surface area contributed by atoms with E-state index in [0.29, 0.717) is 26.0 Å². The van der Waals surface area contributed by atoms with Crippen molar-refractivity contribution in [3.05, 3.63) is 0 Å². The van der Waals surface area contributed by atoms with E-state index in [-0.39, 0.29) is 25.5 Å². The van der Waals surface area contributed by atoms with Crippen LogP contribution in [0.1, 0.15) is 0 Å². The maximum absolute atomic E-state index is 10.4. The van der Waals surface area contributed by atoms with E-state index in [1.165, 1.54) is 0 Å². The van der Waals surface area contributed by atoms with Gasteiger partial charge in [-0.05, 0) is 0 Å². The van der Waals surface area contributed by atoms with Crippen molar-refractivity contribution in [3.63, 3.8) is 0 Å². The SMILES string of the molecule is O=CNCCNCCO[P@]([O-])(O)=S.[Li+]. The Kier molecular flexibility index (Phi) is 12.2. The molecule has 1 atom stereocenters. The molecule has 0 rings (SSSR count). The summed E-state index contributed by atoms with van der Waals surface area (Å²) in [6.07, 6.45) is 0.601. The predicted molar refractivity (Wildman–Crippen MR) is 49.4 cm³/mol. The topological polar surface area (TPSA) is 93.7 Å². The number of rotatable bonds is 8. The molecule has 0 aromatic heterocycles. The van der Waals surface area contributed by atoms with Gasteiger partial charge < -0.3 is 24.9 Å². The van der Waals surface area contributed by atoms with E-state index in [4.69, 9.17) is 4.89 Å². The number of nitrogens with one attached hydrogen (secondary N) is 2. The zero-order valence-electron chi connectivity index (χ0n) is 7.93. The van der Waals surface area contributed by atoms with Crippen LogP contribution < -0.4 is 34.4 Å². The average Bonchev–Trinajstić information content (AvgIpc) is 2.01. The van der Waals surface area contributed by atoms with Crippen LogP contribution in [-0.4, -0.2) is 37.5 Å². The molecule has 3 N–H and O–H groups in total. The average molecular weight is 234 g/mol. The Morgan fingerprint density at radius 3 is 2.64 bits per heavy atom. The Hall–Kier alpha value is 0.557. The van der Waals surface area contributed by atoms with Crippen molar-refractivity contribution in [2.24, 2.45) is 0 Å². The first-order chi connectivity index (χ1) is 6.06. The quantitative estimate of drug-likeness (QED) is 0.168. The minimum atomic E-state index is -3.76. The molecule has 14 heavy (non-hydrogen) atoms. The number of carbonyl (C=O) groups excluding carboxylic acids is 1. The molecule has 0 saturated heterocycles. The van der Waals surface area contributed by atoms with Gasteiger partial charge >= 0.3 is 18.9 Å². The van der Waals surface area contributed by atoms with E-state index in [1.54, 1.807) is 0 Å². The number of carbonyl (C=O) groups is 1. The molecule has 6 nitrogen and oxygen atoms in total. The van der Waals surface area contributed by atoms with Crippen LogP contribution >= 0.6 is 6.72 Å². The maximum Gasteiger partial charge on any atom is 1.00 e. The monoisotopic (exact) mass is 234 g/mol. The van der Waals surface area contributed by atoms with E-state index < -0.39 is 6.72 Å². The number of hydrogen-bond acceptors (Lipinski definition) is 5. The van der Waals surface area contributed by atoms with Gasteiger partial charge in [-0.3, -0.25) is 4.79 Å². The Morgan fingerprint density at radius 1 is 1.50 bits per heavy atom. The third kappa shape index (κ3) is 15.0. The molecule has 0 radical (unpaired) electrons. The summed E-state index contributed by atoms with van der Waals surface area (Å²) in [5.41, 5.74) is 0. The molecule has 0 spiro atoms. The normalized spacial score (nSPS) is 13.9. The van der Waals surface area contributed by atoms with Crippen LogP contribution in [0.2, 0.25) is 0 Å². The summed E-state index contributed by atoms with van der Waals surface area (Å²) in [6.45, 7) is -2.17. The number of hydrogen-bond donors (Lipinski definition) is 3. The molecule has 0 aromatic carbocycles. The first kappa shape index (κ1) is 17.0. The van der Waals surface area contributed by atoms with Crippen molar-refractivity contribution < 1.29 is 38.0 Å². The van der Waals surface area contributed by atoms with E-state index in [9.17, 15) is 9.69 Å². The molecule has 0 unspecified atom stereocenters. The summed E-state index contributed by atoms with van der Waals surface area (Å²) in [7, 11) is 0. The van der Waals surface area contributed by atoms with Crippen LogP contribution in [0.15, 0.2) is 0 Å². The van der Waals surface area contributed by atoms with Gasteiger partial charge in [-0.1, -0.05) is 11.8 Å². The summed E-state index contributed by atoms with van der Waals surface area (Å²) >= 11 is 4.11. The summed E-state index contributed by atoms with van der Waals surface area (Å²) in [6, 6.07) is 0. The Morgan fingerprint density at radius 2 is 2.14 bits per heavy atom. The smallest absolute Gasteiger partial charge is 0.780 e. The molecule has 78 valence electrons. The Balaban J connectivity index is 0. The molecule has 1 amide bonds. The van der Waals surface area contributed by atoms with E-state index >= 15 is 0 Å². The van der Waals surface area contributed by atoms with E-state index in [1.807, 2.05) is 0 Å². The first-order valence-electron chi connectivity index (χ1n) is 3.62. The van der Waals surface area contributed by atoms with Crippen molar-refractivity contribution >= 4 is 24.9 Å². The molecule has 0 fully saturated rings. The van der Waals surface area contributed by atoms with Gasteiger partial charge in [0, 0.05) is 19.6 Å². The molecule has 0 bridgehead atoms. The molecule has 0 heterocycles. The fourth-order valence-electron chi connectivity index (χ4n) is 0.578. The Bertz CT molecular complexity index is 191. The molecular formula is C5H12LiN2O4PS. The second-order valence-corrected chi connectivity index (χ2v) is 4.70. The van der Waals surface area contributed by atoms with Crippen molar-refractivity contribution in [2.75, 3.05) is 26.2 Å². The van der Waals surface area contributed by atoms with Crippen molar-refractivity contribution in [1.29, 1.82) is 0 Å². The molecule has 0 aliphatic carbocycles. The van der Waals surface area contributed by atoms with Gasteiger partial charge in [0.05, 0.1) is 6.61 Å². The van der Waals surface area contributed by atoms with Crippen molar-refractivity contribution in [3.8, 4) is 0 Å². The van der Waals surface area contributed by atoms with Gasteiger partial charge in [0.1, 0.15) is 6.72 Å². The van der Waals surface area contributed by atoms with Crippen LogP contribution in [0.5, 0.6) is 0 Å². The third-order valence-corrected chi connectivity index (χ3v) is 1.89. The molecule has 0 aliphatic rings. The fourth-order valence-corrected chi connectivity index (χ4v) is 1.12. The minimum Gasteiger partial charge on any atom is -0.780 e. The third-order valence-electron chi connectivity index (χ3n) is 1.06. The van der Waals surface area contributed by atoms with Gasteiger partial charge in [-0.15, -0.1) is 0 Å². The second-order valence-electron chi connectivity index (χ2n) is 2.12. The summed E-state index contributed by atoms with van der Waals surface area (Å²) in [5.74, 6) is 0. The zero-order chi connectivity index (χ0) is 10.2. The van der Waals surface area contributed by atoms with Crippen LogP contribution in [0.4, 0.5) is 0 Å². The standard InChI is InChI=1S/C5H13N2O4PS.Li/c8-5-7-2-1-6-3-4-11-12(9,10)13;/h5-6H,1-4H2,(H,7,8)(H2,9,10,13);/q;+1/p-1. The maximum atomic E-state index is 10.4. The van der Waals surface area contributed by atoms with Gasteiger partial charge in [0.15, 0.2) is 0 Å².